The number of allylic oxidation sites excluding steroid dienone is 1. The molecule has 4 nitrogen and oxygen atoms in total. The Bertz CT molecular complexity index is 420. The first-order valence-corrected chi connectivity index (χ1v) is 5.84. The topological polar surface area (TPSA) is 77.8 Å². The van der Waals surface area contributed by atoms with Crippen molar-refractivity contribution in [3.63, 3.8) is 0 Å². The van der Waals surface area contributed by atoms with Gasteiger partial charge in [-0.15, -0.1) is 0 Å². The average molecular weight is 250 g/mol. The maximum Gasteiger partial charge on any atom is 0.332 e. The first-order valence-electron chi connectivity index (χ1n) is 5.84. The normalized spacial score (nSPS) is 13.4. The molecule has 0 radical (unpaired) electrons. The van der Waals surface area contributed by atoms with E-state index in [0.29, 0.717) is 6.42 Å². The molecule has 1 aromatic rings. The van der Waals surface area contributed by atoms with Crippen molar-refractivity contribution in [2.75, 3.05) is 6.61 Å². The van der Waals surface area contributed by atoms with E-state index >= 15 is 0 Å². The highest BCUT2D eigenvalue weighted by molar-refractivity contribution is 5.72. The highest BCUT2D eigenvalue weighted by Gasteiger charge is 2.13. The van der Waals surface area contributed by atoms with Gasteiger partial charge in [-0.1, -0.05) is 30.3 Å². The highest BCUT2D eigenvalue weighted by atomic mass is 16.4. The lowest BCUT2D eigenvalue weighted by atomic mass is 9.99. The number of carbonyl (C=O) groups is 1. The molecule has 1 rings (SSSR count). The molecular formula is C14H18O4. The molecule has 0 aromatic heterocycles. The first-order chi connectivity index (χ1) is 8.58. The monoisotopic (exact) mass is 250 g/mol. The number of rotatable bonds is 6. The van der Waals surface area contributed by atoms with Gasteiger partial charge in [0.1, 0.15) is 0 Å². The minimum atomic E-state index is -1.37. The number of benzene rings is 1. The number of hydrogen-bond donors (Lipinski definition) is 3. The molecule has 0 aliphatic carbocycles. The predicted molar refractivity (Wildman–Crippen MR) is 69.1 cm³/mol. The summed E-state index contributed by atoms with van der Waals surface area (Å²) in [6.07, 6.45) is 1.26. The number of carboxylic acids is 1. The fraction of sp³-hybridized carbons (Fsp3) is 0.357. The lowest BCUT2D eigenvalue weighted by molar-refractivity contribution is -0.146. The van der Waals surface area contributed by atoms with E-state index in [9.17, 15) is 9.90 Å². The molecule has 0 bridgehead atoms. The summed E-state index contributed by atoms with van der Waals surface area (Å²) >= 11 is 0. The molecule has 0 saturated heterocycles. The Labute approximate surface area is 106 Å². The van der Waals surface area contributed by atoms with Gasteiger partial charge < -0.3 is 15.3 Å². The lowest BCUT2D eigenvalue weighted by Gasteiger charge is -2.08. The van der Waals surface area contributed by atoms with Gasteiger partial charge in [0.25, 0.3) is 0 Å². The molecule has 0 fully saturated rings. The maximum absolute atomic E-state index is 10.5. The molecular weight excluding hydrogens is 232 g/mol. The maximum atomic E-state index is 10.5. The van der Waals surface area contributed by atoms with Crippen LogP contribution in [0.1, 0.15) is 24.5 Å². The molecule has 1 atom stereocenters. The molecule has 0 aliphatic rings. The van der Waals surface area contributed by atoms with Crippen LogP contribution in [0, 0.1) is 0 Å². The fourth-order valence-electron chi connectivity index (χ4n) is 1.74. The molecule has 98 valence electrons. The van der Waals surface area contributed by atoms with E-state index in [1.807, 2.05) is 25.1 Å². The predicted octanol–water partition coefficient (Wildman–Crippen LogP) is 1.46. The number of carboxylic acid groups (broad SMARTS) is 1. The Morgan fingerprint density at radius 3 is 2.39 bits per heavy atom. The van der Waals surface area contributed by atoms with Crippen molar-refractivity contribution in [1.82, 2.24) is 0 Å². The Morgan fingerprint density at radius 1 is 1.33 bits per heavy atom. The van der Waals surface area contributed by atoms with Crippen LogP contribution in [-0.2, 0) is 11.2 Å². The quantitative estimate of drug-likeness (QED) is 0.714. The summed E-state index contributed by atoms with van der Waals surface area (Å²) in [5, 5.41) is 26.8. The van der Waals surface area contributed by atoms with E-state index in [1.165, 1.54) is 0 Å². The molecule has 18 heavy (non-hydrogen) atoms. The van der Waals surface area contributed by atoms with Gasteiger partial charge in [-0.2, -0.15) is 0 Å². The number of aliphatic hydroxyl groups excluding tert-OH is 2. The van der Waals surface area contributed by atoms with Gasteiger partial charge >= 0.3 is 5.97 Å². The summed E-state index contributed by atoms with van der Waals surface area (Å²) in [7, 11) is 0. The van der Waals surface area contributed by atoms with Crippen LogP contribution in [0.15, 0.2) is 30.3 Å². The molecule has 1 aromatic carbocycles. The zero-order valence-corrected chi connectivity index (χ0v) is 10.3. The Balaban J connectivity index is 2.76. The second kappa shape index (κ2) is 6.93. The average Bonchev–Trinajstić information content (AvgIpc) is 2.37. The summed E-state index contributed by atoms with van der Waals surface area (Å²) in [6.45, 7) is 2.01. The minimum absolute atomic E-state index is 0.0964. The Hall–Kier alpha value is -1.65. The van der Waals surface area contributed by atoms with Crippen LogP contribution in [-0.4, -0.2) is 34.0 Å². The summed E-state index contributed by atoms with van der Waals surface area (Å²) < 4.78 is 0. The van der Waals surface area contributed by atoms with Crippen molar-refractivity contribution in [3.05, 3.63) is 41.5 Å². The summed E-state index contributed by atoms with van der Waals surface area (Å²) in [4.78, 5) is 10.5. The van der Waals surface area contributed by atoms with Crippen molar-refractivity contribution in [3.8, 4) is 0 Å². The Morgan fingerprint density at radius 2 is 1.94 bits per heavy atom. The lowest BCUT2D eigenvalue weighted by Crippen LogP contribution is -2.21. The van der Waals surface area contributed by atoms with Crippen molar-refractivity contribution in [1.29, 1.82) is 0 Å². The van der Waals surface area contributed by atoms with Gasteiger partial charge in [0.05, 0.1) is 0 Å². The van der Waals surface area contributed by atoms with E-state index in [-0.39, 0.29) is 13.0 Å². The first kappa shape index (κ1) is 14.4. The summed E-state index contributed by atoms with van der Waals surface area (Å²) in [5.41, 5.74) is 2.82. The molecule has 1 unspecified atom stereocenters. The van der Waals surface area contributed by atoms with Crippen LogP contribution >= 0.6 is 0 Å². The van der Waals surface area contributed by atoms with Crippen molar-refractivity contribution < 1.29 is 20.1 Å². The van der Waals surface area contributed by atoms with Crippen molar-refractivity contribution in [2.45, 2.75) is 25.9 Å². The molecule has 0 spiro atoms. The molecule has 0 saturated carbocycles. The van der Waals surface area contributed by atoms with Gasteiger partial charge in [0, 0.05) is 13.0 Å². The van der Waals surface area contributed by atoms with Crippen LogP contribution in [0.5, 0.6) is 0 Å². The van der Waals surface area contributed by atoms with Gasteiger partial charge in [-0.3, -0.25) is 0 Å². The Kier molecular flexibility index (Phi) is 5.55. The molecule has 0 aliphatic heterocycles. The van der Waals surface area contributed by atoms with Gasteiger partial charge in [0.2, 0.25) is 0 Å². The van der Waals surface area contributed by atoms with Crippen LogP contribution in [0.25, 0.3) is 5.57 Å². The fourth-order valence-corrected chi connectivity index (χ4v) is 1.74. The number of aliphatic hydroxyl groups is 2. The smallest absolute Gasteiger partial charge is 0.332 e. The van der Waals surface area contributed by atoms with Gasteiger partial charge in [-0.25, -0.2) is 4.79 Å². The van der Waals surface area contributed by atoms with E-state index in [0.717, 1.165) is 16.7 Å². The third kappa shape index (κ3) is 3.98. The zero-order chi connectivity index (χ0) is 13.5. The van der Waals surface area contributed by atoms with E-state index in [2.05, 4.69) is 0 Å². The van der Waals surface area contributed by atoms with E-state index < -0.39 is 12.1 Å². The van der Waals surface area contributed by atoms with E-state index in [4.69, 9.17) is 10.2 Å². The second-order valence-corrected chi connectivity index (χ2v) is 4.04. The van der Waals surface area contributed by atoms with Crippen molar-refractivity contribution >= 4 is 11.5 Å². The van der Waals surface area contributed by atoms with Crippen LogP contribution in [0.2, 0.25) is 0 Å². The van der Waals surface area contributed by atoms with Crippen molar-refractivity contribution in [2.24, 2.45) is 0 Å². The summed E-state index contributed by atoms with van der Waals surface area (Å²) in [5.74, 6) is -1.21. The molecule has 3 N–H and O–H groups in total. The van der Waals surface area contributed by atoms with E-state index in [1.54, 1.807) is 12.1 Å². The van der Waals surface area contributed by atoms with Crippen LogP contribution < -0.4 is 0 Å². The molecule has 4 heteroatoms. The standard InChI is InChI=1S/C14H18O4/c1-2-11(7-8-15)12-5-3-10(4-6-12)9-13(16)14(17)18/h2-6,13,15-16H,7-9H2,1H3,(H,17,18)/b11-2+. The zero-order valence-electron chi connectivity index (χ0n) is 10.3. The number of aliphatic carboxylic acids is 1. The largest absolute Gasteiger partial charge is 0.479 e. The highest BCUT2D eigenvalue weighted by Crippen LogP contribution is 2.18. The third-order valence-electron chi connectivity index (χ3n) is 2.77. The molecule has 0 heterocycles. The third-order valence-corrected chi connectivity index (χ3v) is 2.77. The SMILES string of the molecule is C/C=C(\CCO)c1ccc(CC(O)C(=O)O)cc1. The minimum Gasteiger partial charge on any atom is -0.479 e. The van der Waals surface area contributed by atoms with Crippen LogP contribution in [0.4, 0.5) is 0 Å². The molecule has 0 amide bonds. The number of hydrogen-bond acceptors (Lipinski definition) is 3. The summed E-state index contributed by atoms with van der Waals surface area (Å²) in [6, 6.07) is 7.33. The van der Waals surface area contributed by atoms with Gasteiger partial charge in [0.15, 0.2) is 6.10 Å². The second-order valence-electron chi connectivity index (χ2n) is 4.04. The van der Waals surface area contributed by atoms with Crippen LogP contribution in [0.3, 0.4) is 0 Å². The van der Waals surface area contributed by atoms with Gasteiger partial charge in [-0.05, 0) is 30.0 Å².